The van der Waals surface area contributed by atoms with Gasteiger partial charge in [-0.05, 0) is 41.5 Å². The van der Waals surface area contributed by atoms with E-state index in [9.17, 15) is 0 Å². The highest BCUT2D eigenvalue weighted by molar-refractivity contribution is 5.65. The highest BCUT2D eigenvalue weighted by atomic mass is 16.5. The molecule has 0 bridgehead atoms. The zero-order valence-corrected chi connectivity index (χ0v) is 8.40. The van der Waals surface area contributed by atoms with Gasteiger partial charge < -0.3 is 9.84 Å². The number of methoxy groups -OCH3 is 1. The van der Waals surface area contributed by atoms with Gasteiger partial charge in [-0.2, -0.15) is 0 Å². The van der Waals surface area contributed by atoms with E-state index in [0.717, 1.165) is 16.9 Å². The first-order valence-electron chi connectivity index (χ1n) is 4.65. The van der Waals surface area contributed by atoms with Crippen LogP contribution in [-0.4, -0.2) is 12.2 Å². The first-order chi connectivity index (χ1) is 7.29. The summed E-state index contributed by atoms with van der Waals surface area (Å²) in [7, 11) is 1.63. The summed E-state index contributed by atoms with van der Waals surface area (Å²) in [6, 6.07) is 15.7. The number of rotatable bonds is 2. The monoisotopic (exact) mass is 199 g/mol. The maximum Gasteiger partial charge on any atom is 0.119 e. The van der Waals surface area contributed by atoms with Gasteiger partial charge in [-0.15, -0.1) is 0 Å². The molecule has 1 N–H and O–H groups in total. The van der Waals surface area contributed by atoms with Crippen molar-refractivity contribution >= 4 is 0 Å². The van der Waals surface area contributed by atoms with E-state index >= 15 is 0 Å². The second kappa shape index (κ2) is 4.05. The molecule has 0 amide bonds. The molecule has 2 aromatic rings. The van der Waals surface area contributed by atoms with Crippen molar-refractivity contribution in [2.45, 2.75) is 0 Å². The van der Waals surface area contributed by atoms with Gasteiger partial charge >= 0.3 is 0 Å². The molecule has 0 aliphatic heterocycles. The van der Waals surface area contributed by atoms with E-state index in [0.29, 0.717) is 0 Å². The first-order valence-corrected chi connectivity index (χ1v) is 4.65. The lowest BCUT2D eigenvalue weighted by atomic mass is 10.1. The molecule has 0 fully saturated rings. The normalized spacial score (nSPS) is 9.93. The van der Waals surface area contributed by atoms with Crippen LogP contribution in [0.3, 0.4) is 0 Å². The number of hydrogen-bond donors (Lipinski definition) is 1. The van der Waals surface area contributed by atoms with Crippen molar-refractivity contribution < 1.29 is 9.84 Å². The van der Waals surface area contributed by atoms with Crippen molar-refractivity contribution in [2.75, 3.05) is 7.11 Å². The number of ether oxygens (including phenoxy) is 1. The fourth-order valence-corrected chi connectivity index (χ4v) is 1.38. The zero-order valence-electron chi connectivity index (χ0n) is 8.40. The SMILES string of the molecule is COc1cc[c]c(-c2ccc(O)cc2)c1. The topological polar surface area (TPSA) is 29.5 Å². The zero-order chi connectivity index (χ0) is 10.7. The molecule has 0 aliphatic carbocycles. The number of benzene rings is 2. The minimum atomic E-state index is 0.265. The van der Waals surface area contributed by atoms with Crippen molar-refractivity contribution in [2.24, 2.45) is 0 Å². The molecule has 15 heavy (non-hydrogen) atoms. The van der Waals surface area contributed by atoms with Crippen LogP contribution < -0.4 is 4.74 Å². The summed E-state index contributed by atoms with van der Waals surface area (Å²) in [5, 5.41) is 9.17. The van der Waals surface area contributed by atoms with Crippen LogP contribution in [0, 0.1) is 6.07 Å². The molecule has 0 saturated heterocycles. The lowest BCUT2D eigenvalue weighted by molar-refractivity contribution is 0.415. The Morgan fingerprint density at radius 1 is 1.13 bits per heavy atom. The molecule has 0 saturated carbocycles. The standard InChI is InChI=1S/C13H11O2/c1-15-13-4-2-3-11(9-13)10-5-7-12(14)8-6-10/h2,4-9,14H,1H3. The molecule has 2 heteroatoms. The maximum atomic E-state index is 9.17. The van der Waals surface area contributed by atoms with Crippen LogP contribution in [0.25, 0.3) is 11.1 Å². The van der Waals surface area contributed by atoms with Gasteiger partial charge in [0.2, 0.25) is 0 Å². The van der Waals surface area contributed by atoms with Crippen LogP contribution >= 0.6 is 0 Å². The van der Waals surface area contributed by atoms with E-state index in [2.05, 4.69) is 6.07 Å². The quantitative estimate of drug-likeness (QED) is 0.805. The van der Waals surface area contributed by atoms with Crippen molar-refractivity contribution in [1.29, 1.82) is 0 Å². The smallest absolute Gasteiger partial charge is 0.119 e. The molecule has 0 aromatic heterocycles. The third-order valence-electron chi connectivity index (χ3n) is 2.19. The minimum Gasteiger partial charge on any atom is -0.508 e. The fourth-order valence-electron chi connectivity index (χ4n) is 1.38. The largest absolute Gasteiger partial charge is 0.508 e. The van der Waals surface area contributed by atoms with Crippen molar-refractivity contribution in [3.8, 4) is 22.6 Å². The van der Waals surface area contributed by atoms with Gasteiger partial charge in [0.05, 0.1) is 7.11 Å². The lowest BCUT2D eigenvalue weighted by Crippen LogP contribution is -1.83. The number of phenolic OH excluding ortho intramolecular Hbond substituents is 1. The predicted octanol–water partition coefficient (Wildman–Crippen LogP) is 2.87. The Hall–Kier alpha value is -1.96. The summed E-state index contributed by atoms with van der Waals surface area (Å²) in [5.41, 5.74) is 1.96. The Bertz CT molecular complexity index is 446. The highest BCUT2D eigenvalue weighted by Gasteiger charge is 1.99. The van der Waals surface area contributed by atoms with Gasteiger partial charge in [0, 0.05) is 0 Å². The van der Waals surface area contributed by atoms with Crippen LogP contribution in [0.4, 0.5) is 0 Å². The molecule has 0 spiro atoms. The lowest BCUT2D eigenvalue weighted by Gasteiger charge is -2.04. The number of phenols is 1. The second-order valence-corrected chi connectivity index (χ2v) is 3.19. The third-order valence-corrected chi connectivity index (χ3v) is 2.19. The molecule has 0 atom stereocenters. The van der Waals surface area contributed by atoms with Crippen molar-refractivity contribution in [3.63, 3.8) is 0 Å². The van der Waals surface area contributed by atoms with E-state index in [1.165, 1.54) is 0 Å². The molecular formula is C13H11O2. The Morgan fingerprint density at radius 2 is 1.87 bits per heavy atom. The first kappa shape index (κ1) is 9.59. The summed E-state index contributed by atoms with van der Waals surface area (Å²) >= 11 is 0. The molecule has 0 unspecified atom stereocenters. The van der Waals surface area contributed by atoms with E-state index in [4.69, 9.17) is 9.84 Å². The second-order valence-electron chi connectivity index (χ2n) is 3.19. The maximum absolute atomic E-state index is 9.17. The van der Waals surface area contributed by atoms with Crippen LogP contribution in [0.5, 0.6) is 11.5 Å². The van der Waals surface area contributed by atoms with Crippen molar-refractivity contribution in [3.05, 3.63) is 48.5 Å². The van der Waals surface area contributed by atoms with Gasteiger partial charge in [0.1, 0.15) is 11.5 Å². The van der Waals surface area contributed by atoms with Gasteiger partial charge in [-0.25, -0.2) is 0 Å². The Balaban J connectivity index is 2.40. The summed E-state index contributed by atoms with van der Waals surface area (Å²) in [5.74, 6) is 1.07. The summed E-state index contributed by atoms with van der Waals surface area (Å²) < 4.78 is 5.13. The van der Waals surface area contributed by atoms with Crippen LogP contribution in [0.2, 0.25) is 0 Å². The van der Waals surface area contributed by atoms with Crippen LogP contribution in [-0.2, 0) is 0 Å². The minimum absolute atomic E-state index is 0.265. The fraction of sp³-hybridized carbons (Fsp3) is 0.0769. The molecule has 2 aromatic carbocycles. The van der Waals surface area contributed by atoms with E-state index in [1.54, 1.807) is 19.2 Å². The molecule has 75 valence electrons. The van der Waals surface area contributed by atoms with Gasteiger partial charge in [-0.1, -0.05) is 18.2 Å². The molecule has 2 rings (SSSR count). The van der Waals surface area contributed by atoms with Gasteiger partial charge in [0.15, 0.2) is 0 Å². The summed E-state index contributed by atoms with van der Waals surface area (Å²) in [4.78, 5) is 0. The summed E-state index contributed by atoms with van der Waals surface area (Å²) in [6.45, 7) is 0. The van der Waals surface area contributed by atoms with Crippen LogP contribution in [0.1, 0.15) is 0 Å². The Kier molecular flexibility index (Phi) is 2.59. The van der Waals surface area contributed by atoms with E-state index < -0.39 is 0 Å². The van der Waals surface area contributed by atoms with E-state index in [1.807, 2.05) is 30.3 Å². The highest BCUT2D eigenvalue weighted by Crippen LogP contribution is 2.24. The average molecular weight is 199 g/mol. The van der Waals surface area contributed by atoms with E-state index in [-0.39, 0.29) is 5.75 Å². The molecule has 0 heterocycles. The van der Waals surface area contributed by atoms with Gasteiger partial charge in [-0.3, -0.25) is 0 Å². The Labute approximate surface area is 88.8 Å². The molecule has 0 aliphatic rings. The molecule has 2 nitrogen and oxygen atoms in total. The average Bonchev–Trinajstić information content (AvgIpc) is 2.30. The Morgan fingerprint density at radius 3 is 2.53 bits per heavy atom. The molecular weight excluding hydrogens is 188 g/mol. The molecule has 1 radical (unpaired) electrons. The predicted molar refractivity (Wildman–Crippen MR) is 58.9 cm³/mol. The summed E-state index contributed by atoms with van der Waals surface area (Å²) in [6.07, 6.45) is 0. The van der Waals surface area contributed by atoms with Gasteiger partial charge in [0.25, 0.3) is 0 Å². The van der Waals surface area contributed by atoms with Crippen LogP contribution in [0.15, 0.2) is 42.5 Å². The number of hydrogen-bond acceptors (Lipinski definition) is 2. The number of aromatic hydroxyl groups is 1. The third kappa shape index (κ3) is 2.10. The van der Waals surface area contributed by atoms with Crippen molar-refractivity contribution in [1.82, 2.24) is 0 Å².